The van der Waals surface area contributed by atoms with Gasteiger partial charge in [-0.15, -0.1) is 0 Å². The minimum atomic E-state index is -4.81. The normalized spacial score (nSPS) is 13.4. The second-order valence-electron chi connectivity index (χ2n) is 3.18. The highest BCUT2D eigenvalue weighted by Gasteiger charge is 2.39. The van der Waals surface area contributed by atoms with Crippen molar-refractivity contribution in [1.29, 1.82) is 0 Å². The summed E-state index contributed by atoms with van der Waals surface area (Å²) in [7, 11) is 0. The molecule has 6 nitrogen and oxygen atoms in total. The lowest BCUT2D eigenvalue weighted by atomic mass is 10.1. The molecule has 17 heavy (non-hydrogen) atoms. The minimum Gasteiger partial charge on any atom is -0.504 e. The molecule has 9 heteroatoms. The van der Waals surface area contributed by atoms with Crippen LogP contribution < -0.4 is 5.73 Å². The van der Waals surface area contributed by atoms with Crippen molar-refractivity contribution in [2.45, 2.75) is 12.2 Å². The monoisotopic (exact) mass is 252 g/mol. The SMILES string of the molecule is N[C@@H](c1cc(O)c(O)c([N+](=O)[O-])c1)C(F)(F)F. The van der Waals surface area contributed by atoms with Crippen LogP contribution in [0.5, 0.6) is 11.5 Å². The summed E-state index contributed by atoms with van der Waals surface area (Å²) in [5.41, 5.74) is 3.07. The van der Waals surface area contributed by atoms with E-state index >= 15 is 0 Å². The van der Waals surface area contributed by atoms with Crippen molar-refractivity contribution >= 4 is 5.69 Å². The summed E-state index contributed by atoms with van der Waals surface area (Å²) >= 11 is 0. The number of nitrogens with zero attached hydrogens (tertiary/aromatic N) is 1. The van der Waals surface area contributed by atoms with Crippen molar-refractivity contribution in [2.75, 3.05) is 0 Å². The third-order valence-electron chi connectivity index (χ3n) is 2.00. The maximum atomic E-state index is 12.3. The number of aromatic hydroxyl groups is 2. The average molecular weight is 252 g/mol. The van der Waals surface area contributed by atoms with Gasteiger partial charge in [-0.25, -0.2) is 0 Å². The zero-order chi connectivity index (χ0) is 13.4. The van der Waals surface area contributed by atoms with Crippen LogP contribution in [0.15, 0.2) is 12.1 Å². The molecular weight excluding hydrogens is 245 g/mol. The van der Waals surface area contributed by atoms with Gasteiger partial charge >= 0.3 is 11.9 Å². The molecule has 1 aromatic rings. The Morgan fingerprint density at radius 3 is 2.29 bits per heavy atom. The molecule has 0 aliphatic heterocycles. The number of benzene rings is 1. The molecule has 1 atom stereocenters. The summed E-state index contributed by atoms with van der Waals surface area (Å²) in [5.74, 6) is -2.14. The number of alkyl halides is 3. The number of rotatable bonds is 2. The summed E-state index contributed by atoms with van der Waals surface area (Å²) in [6, 6.07) is -1.49. The quantitative estimate of drug-likeness (QED) is 0.420. The van der Waals surface area contributed by atoms with Crippen LogP contribution in [0.4, 0.5) is 18.9 Å². The van der Waals surface area contributed by atoms with E-state index in [1.807, 2.05) is 0 Å². The van der Waals surface area contributed by atoms with E-state index in [2.05, 4.69) is 0 Å². The number of hydrogen-bond donors (Lipinski definition) is 3. The first-order valence-electron chi connectivity index (χ1n) is 4.17. The number of halogens is 3. The standard InChI is InChI=1S/C8H7F3N2O4/c9-8(10,11)7(12)3-1-4(13(16)17)6(15)5(14)2-3/h1-2,7,14-15H,12H2/t7-/m0/s1. The van der Waals surface area contributed by atoms with E-state index in [1.54, 1.807) is 0 Å². The maximum absolute atomic E-state index is 12.3. The number of nitrogens with two attached hydrogens (primary N) is 1. The van der Waals surface area contributed by atoms with Crippen LogP contribution in [-0.4, -0.2) is 21.3 Å². The molecule has 0 aliphatic carbocycles. The predicted molar refractivity (Wildman–Crippen MR) is 49.4 cm³/mol. The highest BCUT2D eigenvalue weighted by Crippen LogP contribution is 2.40. The van der Waals surface area contributed by atoms with Gasteiger partial charge < -0.3 is 15.9 Å². The molecule has 0 aliphatic rings. The zero-order valence-corrected chi connectivity index (χ0v) is 8.10. The van der Waals surface area contributed by atoms with E-state index < -0.39 is 39.9 Å². The minimum absolute atomic E-state index is 0.465. The Kier molecular flexibility index (Phi) is 3.14. The molecule has 0 fully saturated rings. The van der Waals surface area contributed by atoms with Crippen molar-refractivity contribution in [3.8, 4) is 11.5 Å². The lowest BCUT2D eigenvalue weighted by Gasteiger charge is -2.16. The van der Waals surface area contributed by atoms with Crippen molar-refractivity contribution in [1.82, 2.24) is 0 Å². The first-order valence-corrected chi connectivity index (χ1v) is 4.17. The van der Waals surface area contributed by atoms with Crippen molar-refractivity contribution in [3.63, 3.8) is 0 Å². The van der Waals surface area contributed by atoms with Gasteiger partial charge in [0.25, 0.3) is 0 Å². The number of nitro groups is 1. The number of nitro benzene ring substituents is 1. The Labute approximate surface area is 92.2 Å². The first-order chi connectivity index (χ1) is 7.64. The van der Waals surface area contributed by atoms with E-state index in [9.17, 15) is 23.3 Å². The highest BCUT2D eigenvalue weighted by molar-refractivity contribution is 5.57. The molecule has 0 saturated carbocycles. The fourth-order valence-corrected chi connectivity index (χ4v) is 1.13. The molecule has 0 heterocycles. The third kappa shape index (κ3) is 2.56. The van der Waals surface area contributed by atoms with Crippen molar-refractivity contribution in [3.05, 3.63) is 27.8 Å². The van der Waals surface area contributed by atoms with Gasteiger partial charge in [-0.3, -0.25) is 10.1 Å². The van der Waals surface area contributed by atoms with Gasteiger partial charge in [0, 0.05) is 6.07 Å². The van der Waals surface area contributed by atoms with Gasteiger partial charge in [-0.05, 0) is 11.6 Å². The van der Waals surface area contributed by atoms with E-state index in [-0.39, 0.29) is 0 Å². The van der Waals surface area contributed by atoms with E-state index in [1.165, 1.54) is 0 Å². The Morgan fingerprint density at radius 2 is 1.88 bits per heavy atom. The Bertz CT molecular complexity index is 461. The summed E-state index contributed by atoms with van der Waals surface area (Å²) in [5, 5.41) is 28.5. The summed E-state index contributed by atoms with van der Waals surface area (Å²) in [6.45, 7) is 0. The van der Waals surface area contributed by atoms with Crippen LogP contribution in [0, 0.1) is 10.1 Å². The molecule has 1 aromatic carbocycles. The summed E-state index contributed by atoms with van der Waals surface area (Å²) in [4.78, 5) is 9.29. The van der Waals surface area contributed by atoms with E-state index in [0.29, 0.717) is 12.1 Å². The Morgan fingerprint density at radius 1 is 1.35 bits per heavy atom. The molecule has 0 saturated heterocycles. The van der Waals surface area contributed by atoms with Gasteiger partial charge in [-0.2, -0.15) is 13.2 Å². The summed E-state index contributed by atoms with van der Waals surface area (Å²) in [6.07, 6.45) is -4.81. The topological polar surface area (TPSA) is 110 Å². The number of phenols is 2. The van der Waals surface area contributed by atoms with E-state index in [0.717, 1.165) is 0 Å². The van der Waals surface area contributed by atoms with Gasteiger partial charge in [-0.1, -0.05) is 0 Å². The van der Waals surface area contributed by atoms with Gasteiger partial charge in [0.15, 0.2) is 5.75 Å². The second kappa shape index (κ2) is 4.09. The molecule has 4 N–H and O–H groups in total. The van der Waals surface area contributed by atoms with Crippen molar-refractivity contribution < 1.29 is 28.3 Å². The molecule has 0 unspecified atom stereocenters. The molecule has 0 radical (unpaired) electrons. The number of hydrogen-bond acceptors (Lipinski definition) is 5. The molecule has 0 aromatic heterocycles. The van der Waals surface area contributed by atoms with E-state index in [4.69, 9.17) is 15.9 Å². The molecular formula is C8H7F3N2O4. The lowest BCUT2D eigenvalue weighted by Crippen LogP contribution is -2.28. The van der Waals surface area contributed by atoms with Crippen LogP contribution in [-0.2, 0) is 0 Å². The molecule has 1 rings (SSSR count). The van der Waals surface area contributed by atoms with Gasteiger partial charge in [0.1, 0.15) is 6.04 Å². The second-order valence-corrected chi connectivity index (χ2v) is 3.18. The van der Waals surface area contributed by atoms with Crippen molar-refractivity contribution in [2.24, 2.45) is 5.73 Å². The van der Waals surface area contributed by atoms with Crippen LogP contribution in [0.1, 0.15) is 11.6 Å². The largest absolute Gasteiger partial charge is 0.504 e. The van der Waals surface area contributed by atoms with Crippen LogP contribution in [0.25, 0.3) is 0 Å². The zero-order valence-electron chi connectivity index (χ0n) is 8.10. The smallest absolute Gasteiger partial charge is 0.407 e. The van der Waals surface area contributed by atoms with Gasteiger partial charge in [0.05, 0.1) is 4.92 Å². The lowest BCUT2D eigenvalue weighted by molar-refractivity contribution is -0.386. The predicted octanol–water partition coefficient (Wildman–Crippen LogP) is 1.57. The maximum Gasteiger partial charge on any atom is 0.407 e. The Hall–Kier alpha value is -2.03. The van der Waals surface area contributed by atoms with Crippen LogP contribution >= 0.6 is 0 Å². The first kappa shape index (κ1) is 13.0. The van der Waals surface area contributed by atoms with Crippen LogP contribution in [0.2, 0.25) is 0 Å². The molecule has 94 valence electrons. The average Bonchev–Trinajstić information content (AvgIpc) is 2.19. The fraction of sp³-hybridized carbons (Fsp3) is 0.250. The molecule has 0 amide bonds. The highest BCUT2D eigenvalue weighted by atomic mass is 19.4. The fourth-order valence-electron chi connectivity index (χ4n) is 1.13. The van der Waals surface area contributed by atoms with Gasteiger partial charge in [0.2, 0.25) is 5.75 Å². The Balaban J connectivity index is 3.34. The number of phenolic OH excluding ortho intramolecular Hbond substituents is 2. The molecule has 0 spiro atoms. The summed E-state index contributed by atoms with van der Waals surface area (Å²) < 4.78 is 36.8. The van der Waals surface area contributed by atoms with Crippen LogP contribution in [0.3, 0.4) is 0 Å². The third-order valence-corrected chi connectivity index (χ3v) is 2.00. The molecule has 0 bridgehead atoms.